The van der Waals surface area contributed by atoms with E-state index in [4.69, 9.17) is 0 Å². The van der Waals surface area contributed by atoms with Gasteiger partial charge in [-0.15, -0.1) is 11.3 Å². The van der Waals surface area contributed by atoms with Gasteiger partial charge in [0.2, 0.25) is 0 Å². The van der Waals surface area contributed by atoms with E-state index in [0.717, 1.165) is 0 Å². The van der Waals surface area contributed by atoms with Crippen LogP contribution in [-0.4, -0.2) is 0 Å². The summed E-state index contributed by atoms with van der Waals surface area (Å²) in [6.45, 7) is 4.84. The van der Waals surface area contributed by atoms with Crippen molar-refractivity contribution in [2.75, 3.05) is 0 Å². The first-order valence-corrected chi connectivity index (χ1v) is 19.0. The van der Waals surface area contributed by atoms with Crippen molar-refractivity contribution in [3.63, 3.8) is 0 Å². The van der Waals surface area contributed by atoms with Gasteiger partial charge in [0.1, 0.15) is 0 Å². The average molecular weight is 679 g/mol. The van der Waals surface area contributed by atoms with Crippen molar-refractivity contribution in [3.05, 3.63) is 181 Å². The number of benzene rings is 9. The van der Waals surface area contributed by atoms with E-state index >= 15 is 0 Å². The predicted molar refractivity (Wildman–Crippen MR) is 226 cm³/mol. The van der Waals surface area contributed by atoms with E-state index in [9.17, 15) is 0 Å². The zero-order valence-corrected chi connectivity index (χ0v) is 29.9. The molecule has 1 aliphatic carbocycles. The highest BCUT2D eigenvalue weighted by atomic mass is 32.1. The zero-order valence-electron chi connectivity index (χ0n) is 29.1. The standard InChI is InChI=1S/C51H34S/c1-51(2)44-28-25-35(30-43(44)41-27-29-45-48(49(41)51)42-26-24-33-14-6-7-15-36(33)50(42)52-45)47-39-18-10-8-16-37(39)46(38-17-9-11-19-40(38)47)34-22-20-32(21-23-34)31-12-4-3-5-13-31/h3-30H,1-2H3. The lowest BCUT2D eigenvalue weighted by atomic mass is 9.80. The molecule has 0 unspecified atom stereocenters. The van der Waals surface area contributed by atoms with Crippen LogP contribution in [0.25, 0.3) is 97.0 Å². The summed E-state index contributed by atoms with van der Waals surface area (Å²) in [5.41, 5.74) is 13.0. The van der Waals surface area contributed by atoms with Gasteiger partial charge in [0.25, 0.3) is 0 Å². The number of thiophene rings is 1. The highest BCUT2D eigenvalue weighted by Crippen LogP contribution is 2.55. The minimum Gasteiger partial charge on any atom is -0.135 e. The Balaban J connectivity index is 1.13. The molecule has 0 saturated heterocycles. The van der Waals surface area contributed by atoms with Crippen LogP contribution in [0.3, 0.4) is 0 Å². The van der Waals surface area contributed by atoms with Crippen molar-refractivity contribution < 1.29 is 0 Å². The fourth-order valence-electron chi connectivity index (χ4n) is 9.28. The highest BCUT2D eigenvalue weighted by Gasteiger charge is 2.38. The summed E-state index contributed by atoms with van der Waals surface area (Å²) in [6.07, 6.45) is 0. The van der Waals surface area contributed by atoms with Gasteiger partial charge in [-0.3, -0.25) is 0 Å². The zero-order chi connectivity index (χ0) is 34.6. The molecular weight excluding hydrogens is 645 g/mol. The molecule has 0 atom stereocenters. The second-order valence-electron chi connectivity index (χ2n) is 14.8. The molecule has 1 aromatic heterocycles. The molecule has 0 spiro atoms. The molecule has 10 aromatic rings. The van der Waals surface area contributed by atoms with E-state index in [-0.39, 0.29) is 5.41 Å². The first-order chi connectivity index (χ1) is 25.6. The third-order valence-electron chi connectivity index (χ3n) is 11.6. The van der Waals surface area contributed by atoms with Crippen molar-refractivity contribution in [2.24, 2.45) is 0 Å². The number of rotatable bonds is 3. The molecule has 0 saturated carbocycles. The van der Waals surface area contributed by atoms with E-state index in [1.165, 1.54) is 108 Å². The molecule has 52 heavy (non-hydrogen) atoms. The molecule has 11 rings (SSSR count). The fourth-order valence-corrected chi connectivity index (χ4v) is 10.5. The first kappa shape index (κ1) is 29.7. The maximum atomic E-state index is 2.49. The van der Waals surface area contributed by atoms with Crippen molar-refractivity contribution in [3.8, 4) is 44.5 Å². The van der Waals surface area contributed by atoms with Crippen LogP contribution in [-0.2, 0) is 5.41 Å². The molecule has 0 fully saturated rings. The molecule has 1 heterocycles. The number of hydrogen-bond donors (Lipinski definition) is 0. The summed E-state index contributed by atoms with van der Waals surface area (Å²) < 4.78 is 2.76. The molecule has 0 bridgehead atoms. The summed E-state index contributed by atoms with van der Waals surface area (Å²) >= 11 is 1.94. The molecule has 0 amide bonds. The number of fused-ring (bicyclic) bond motifs is 11. The van der Waals surface area contributed by atoms with E-state index in [1.807, 2.05) is 11.3 Å². The Bertz CT molecular complexity index is 3010. The molecule has 244 valence electrons. The third-order valence-corrected chi connectivity index (χ3v) is 12.8. The smallest absolute Gasteiger partial charge is 0.0433 e. The maximum absolute atomic E-state index is 2.49. The van der Waals surface area contributed by atoms with Crippen molar-refractivity contribution >= 4 is 63.8 Å². The number of hydrogen-bond acceptors (Lipinski definition) is 1. The molecule has 0 aliphatic heterocycles. The van der Waals surface area contributed by atoms with Crippen molar-refractivity contribution in [1.29, 1.82) is 0 Å². The summed E-state index contributed by atoms with van der Waals surface area (Å²) in [6, 6.07) is 63.3. The Hall–Kier alpha value is -6.02. The van der Waals surface area contributed by atoms with Crippen molar-refractivity contribution in [2.45, 2.75) is 19.3 Å². The first-order valence-electron chi connectivity index (χ1n) is 18.2. The lowest BCUT2D eigenvalue weighted by molar-refractivity contribution is 0.667. The van der Waals surface area contributed by atoms with Gasteiger partial charge in [-0.2, -0.15) is 0 Å². The fraction of sp³-hybridized carbons (Fsp3) is 0.0588. The van der Waals surface area contributed by atoms with Gasteiger partial charge in [0.05, 0.1) is 0 Å². The summed E-state index contributed by atoms with van der Waals surface area (Å²) in [4.78, 5) is 0. The Labute approximate surface area is 307 Å². The minimum atomic E-state index is -0.123. The van der Waals surface area contributed by atoms with Crippen LogP contribution in [0.2, 0.25) is 0 Å². The minimum absolute atomic E-state index is 0.123. The van der Waals surface area contributed by atoms with Crippen molar-refractivity contribution in [1.82, 2.24) is 0 Å². The Morgan fingerprint density at radius 2 is 0.962 bits per heavy atom. The molecule has 1 aliphatic rings. The largest absolute Gasteiger partial charge is 0.135 e. The van der Waals surface area contributed by atoms with Crippen LogP contribution in [0.1, 0.15) is 25.0 Å². The molecule has 9 aromatic carbocycles. The van der Waals surface area contributed by atoms with E-state index in [2.05, 4.69) is 184 Å². The van der Waals surface area contributed by atoms with Crippen LogP contribution >= 0.6 is 11.3 Å². The SMILES string of the molecule is CC1(C)c2ccc(-c3c4ccccc4c(-c4ccc(-c5ccccc5)cc4)c4ccccc34)cc2-c2ccc3sc4c5ccccc5ccc4c3c21. The van der Waals surface area contributed by atoms with Crippen LogP contribution in [0.5, 0.6) is 0 Å². The van der Waals surface area contributed by atoms with E-state index in [1.54, 1.807) is 0 Å². The quantitative estimate of drug-likeness (QED) is 0.163. The van der Waals surface area contributed by atoms with Gasteiger partial charge in [-0.1, -0.05) is 172 Å². The average Bonchev–Trinajstić information content (AvgIpc) is 3.69. The van der Waals surface area contributed by atoms with Gasteiger partial charge in [-0.25, -0.2) is 0 Å². The predicted octanol–water partition coefficient (Wildman–Crippen LogP) is 14.8. The van der Waals surface area contributed by atoms with Gasteiger partial charge in [-0.05, 0) is 100 Å². The molecule has 0 radical (unpaired) electrons. The van der Waals surface area contributed by atoms with Gasteiger partial charge in [0.15, 0.2) is 0 Å². The maximum Gasteiger partial charge on any atom is 0.0433 e. The van der Waals surface area contributed by atoms with Gasteiger partial charge >= 0.3 is 0 Å². The van der Waals surface area contributed by atoms with E-state index in [0.29, 0.717) is 0 Å². The van der Waals surface area contributed by atoms with Gasteiger partial charge < -0.3 is 0 Å². The molecule has 1 heteroatoms. The third kappa shape index (κ3) is 4.15. The topological polar surface area (TPSA) is 0 Å². The lowest BCUT2D eigenvalue weighted by Crippen LogP contribution is -2.15. The summed E-state index contributed by atoms with van der Waals surface area (Å²) in [5, 5.41) is 10.6. The van der Waals surface area contributed by atoms with Crippen LogP contribution < -0.4 is 0 Å². The monoisotopic (exact) mass is 678 g/mol. The Morgan fingerprint density at radius 1 is 0.404 bits per heavy atom. The Kier molecular flexibility index (Phi) is 6.27. The second kappa shape index (κ2) is 11.0. The van der Waals surface area contributed by atoms with Gasteiger partial charge in [0, 0.05) is 25.6 Å². The summed E-state index contributed by atoms with van der Waals surface area (Å²) in [5.74, 6) is 0. The normalized spacial score (nSPS) is 13.3. The van der Waals surface area contributed by atoms with Crippen LogP contribution in [0.4, 0.5) is 0 Å². The lowest BCUT2D eigenvalue weighted by Gasteiger charge is -2.23. The molecular formula is C51H34S. The van der Waals surface area contributed by atoms with Crippen LogP contribution in [0.15, 0.2) is 170 Å². The summed E-state index contributed by atoms with van der Waals surface area (Å²) in [7, 11) is 0. The van der Waals surface area contributed by atoms with Crippen LogP contribution in [0, 0.1) is 0 Å². The molecule has 0 N–H and O–H groups in total. The highest BCUT2D eigenvalue weighted by molar-refractivity contribution is 7.26. The second-order valence-corrected chi connectivity index (χ2v) is 15.8. The Morgan fingerprint density at radius 3 is 1.65 bits per heavy atom. The van der Waals surface area contributed by atoms with E-state index < -0.39 is 0 Å². The molecule has 0 nitrogen and oxygen atoms in total.